The summed E-state index contributed by atoms with van der Waals surface area (Å²) in [5, 5.41) is 2.64. The second-order valence-corrected chi connectivity index (χ2v) is 6.82. The first-order chi connectivity index (χ1) is 13.5. The smallest absolute Gasteiger partial charge is 0.273 e. The van der Waals surface area contributed by atoms with Gasteiger partial charge in [-0.1, -0.05) is 0 Å². The number of carbonyl (C=O) groups excluding carboxylic acids is 1. The van der Waals surface area contributed by atoms with E-state index in [0.717, 1.165) is 17.1 Å². The average Bonchev–Trinajstić information content (AvgIpc) is 3.11. The van der Waals surface area contributed by atoms with Gasteiger partial charge in [0.05, 0.1) is 0 Å². The van der Waals surface area contributed by atoms with Crippen LogP contribution in [0.3, 0.4) is 0 Å². The topological polar surface area (TPSA) is 89.8 Å². The summed E-state index contributed by atoms with van der Waals surface area (Å²) in [5.41, 5.74) is 2.07. The number of amides is 1. The molecule has 1 amide bonds. The van der Waals surface area contributed by atoms with E-state index in [4.69, 9.17) is 0 Å². The molecule has 0 aliphatic carbocycles. The minimum atomic E-state index is -0.406. The molecule has 0 bridgehead atoms. The third kappa shape index (κ3) is 3.39. The molecule has 0 atom stereocenters. The van der Waals surface area contributed by atoms with Crippen molar-refractivity contribution in [2.75, 3.05) is 5.32 Å². The Morgan fingerprint density at radius 1 is 1.18 bits per heavy atom. The Kier molecular flexibility index (Phi) is 4.66. The van der Waals surface area contributed by atoms with Gasteiger partial charge < -0.3 is 5.32 Å². The number of aromatic nitrogens is 4. The fourth-order valence-electron chi connectivity index (χ4n) is 2.78. The van der Waals surface area contributed by atoms with Crippen molar-refractivity contribution in [2.24, 2.45) is 0 Å². The molecule has 7 nitrogen and oxygen atoms in total. The monoisotopic (exact) mass is 395 g/mol. The molecular weight excluding hydrogens is 381 g/mol. The van der Waals surface area contributed by atoms with Gasteiger partial charge in [-0.25, -0.2) is 9.37 Å². The van der Waals surface area contributed by atoms with Crippen LogP contribution in [0.4, 0.5) is 10.1 Å². The van der Waals surface area contributed by atoms with Crippen LogP contribution in [-0.2, 0) is 11.3 Å². The molecule has 0 saturated carbocycles. The molecule has 0 fully saturated rings. The van der Waals surface area contributed by atoms with Crippen LogP contribution in [0.2, 0.25) is 0 Å². The fraction of sp³-hybridized carbons (Fsp3) is 0.105. The Morgan fingerprint density at radius 3 is 2.61 bits per heavy atom. The third-order valence-corrected chi connectivity index (χ3v) is 4.98. The van der Waals surface area contributed by atoms with E-state index in [-0.39, 0.29) is 12.1 Å². The molecule has 3 heterocycles. The van der Waals surface area contributed by atoms with E-state index >= 15 is 0 Å². The van der Waals surface area contributed by atoms with Crippen molar-refractivity contribution >= 4 is 33.3 Å². The number of aryl methyl sites for hydroxylation is 1. The molecule has 1 aromatic carbocycles. The van der Waals surface area contributed by atoms with E-state index in [0.29, 0.717) is 27.4 Å². The van der Waals surface area contributed by atoms with Gasteiger partial charge in [-0.2, -0.15) is 4.37 Å². The van der Waals surface area contributed by atoms with Gasteiger partial charge in [-0.3, -0.25) is 19.1 Å². The maximum atomic E-state index is 13.0. The number of carbonyl (C=O) groups is 1. The molecule has 4 rings (SSSR count). The molecule has 0 spiro atoms. The zero-order valence-corrected chi connectivity index (χ0v) is 15.5. The maximum Gasteiger partial charge on any atom is 0.273 e. The predicted molar refractivity (Wildman–Crippen MR) is 105 cm³/mol. The van der Waals surface area contributed by atoms with Crippen LogP contribution >= 0.6 is 11.5 Å². The lowest BCUT2D eigenvalue weighted by molar-refractivity contribution is -0.116. The first-order valence-corrected chi connectivity index (χ1v) is 9.13. The molecular formula is C19H14FN5O2S. The number of pyridine rings is 1. The van der Waals surface area contributed by atoms with Crippen LogP contribution in [0.1, 0.15) is 5.82 Å². The molecule has 9 heteroatoms. The van der Waals surface area contributed by atoms with Crippen LogP contribution in [0.5, 0.6) is 0 Å². The molecule has 0 aliphatic heterocycles. The van der Waals surface area contributed by atoms with Gasteiger partial charge >= 0.3 is 0 Å². The highest BCUT2D eigenvalue weighted by Gasteiger charge is 2.18. The molecule has 3 aromatic heterocycles. The molecule has 0 aliphatic rings. The summed E-state index contributed by atoms with van der Waals surface area (Å²) in [5.74, 6) is -0.394. The van der Waals surface area contributed by atoms with Crippen molar-refractivity contribution in [3.05, 3.63) is 70.8 Å². The van der Waals surface area contributed by atoms with Crippen molar-refractivity contribution in [2.45, 2.75) is 13.5 Å². The molecule has 140 valence electrons. The summed E-state index contributed by atoms with van der Waals surface area (Å²) >= 11 is 1.05. The Balaban J connectivity index is 1.66. The summed E-state index contributed by atoms with van der Waals surface area (Å²) in [7, 11) is 0. The van der Waals surface area contributed by atoms with E-state index in [2.05, 4.69) is 19.7 Å². The highest BCUT2D eigenvalue weighted by molar-refractivity contribution is 7.13. The summed E-state index contributed by atoms with van der Waals surface area (Å²) < 4.78 is 19.0. The van der Waals surface area contributed by atoms with Crippen molar-refractivity contribution in [1.29, 1.82) is 0 Å². The fourth-order valence-corrected chi connectivity index (χ4v) is 3.58. The zero-order valence-electron chi connectivity index (χ0n) is 14.7. The van der Waals surface area contributed by atoms with Gasteiger partial charge in [0.25, 0.3) is 5.56 Å². The Labute approximate surface area is 162 Å². The van der Waals surface area contributed by atoms with Gasteiger partial charge in [0.2, 0.25) is 5.91 Å². The minimum Gasteiger partial charge on any atom is -0.325 e. The highest BCUT2D eigenvalue weighted by Crippen LogP contribution is 2.27. The van der Waals surface area contributed by atoms with E-state index in [1.165, 1.54) is 28.8 Å². The van der Waals surface area contributed by atoms with E-state index in [1.54, 1.807) is 31.5 Å². The number of rotatable bonds is 4. The lowest BCUT2D eigenvalue weighted by atomic mass is 10.2. The van der Waals surface area contributed by atoms with E-state index in [1.807, 2.05) is 0 Å². The van der Waals surface area contributed by atoms with Crippen molar-refractivity contribution in [3.8, 4) is 11.3 Å². The normalized spacial score (nSPS) is 10.9. The minimum absolute atomic E-state index is 0.201. The number of nitrogens with one attached hydrogen (secondary N) is 1. The van der Waals surface area contributed by atoms with E-state index < -0.39 is 11.7 Å². The molecule has 0 saturated heterocycles. The standard InChI is InChI=1S/C19H14FN5O2S/c1-11-22-17-16(12-6-8-21-9-7-12)24-28-18(17)19(27)25(11)10-15(26)23-14-4-2-13(20)3-5-14/h2-9H,10H2,1H3,(H,23,26). The molecule has 4 aromatic rings. The predicted octanol–water partition coefficient (Wildman–Crippen LogP) is 3.00. The number of halogens is 1. The SMILES string of the molecule is Cc1nc2c(-c3ccncc3)nsc2c(=O)n1CC(=O)Nc1ccc(F)cc1. The molecule has 0 radical (unpaired) electrons. The number of nitrogens with zero attached hydrogens (tertiary/aromatic N) is 4. The Hall–Kier alpha value is -3.46. The Bertz CT molecular complexity index is 1220. The number of fused-ring (bicyclic) bond motifs is 1. The number of anilines is 1. The van der Waals surface area contributed by atoms with Gasteiger partial charge in [-0.15, -0.1) is 0 Å². The summed E-state index contributed by atoms with van der Waals surface area (Å²) in [6.45, 7) is 1.47. The summed E-state index contributed by atoms with van der Waals surface area (Å²) in [6.07, 6.45) is 3.29. The second-order valence-electron chi connectivity index (χ2n) is 6.05. The van der Waals surface area contributed by atoms with E-state index in [9.17, 15) is 14.0 Å². The third-order valence-electron chi connectivity index (χ3n) is 4.15. The number of hydrogen-bond acceptors (Lipinski definition) is 6. The van der Waals surface area contributed by atoms with Gasteiger partial charge in [0, 0.05) is 23.6 Å². The first-order valence-electron chi connectivity index (χ1n) is 8.35. The lowest BCUT2D eigenvalue weighted by Gasteiger charge is -2.10. The average molecular weight is 395 g/mol. The van der Waals surface area contributed by atoms with Crippen molar-refractivity contribution in [1.82, 2.24) is 18.9 Å². The Morgan fingerprint density at radius 2 is 1.89 bits per heavy atom. The maximum absolute atomic E-state index is 13.0. The van der Waals surface area contributed by atoms with Gasteiger partial charge in [0.15, 0.2) is 0 Å². The van der Waals surface area contributed by atoms with Gasteiger partial charge in [0.1, 0.15) is 34.1 Å². The second kappa shape index (κ2) is 7.28. The first kappa shape index (κ1) is 17.9. The van der Waals surface area contributed by atoms with Crippen LogP contribution in [0, 0.1) is 12.7 Å². The van der Waals surface area contributed by atoms with Crippen LogP contribution in [0.25, 0.3) is 21.5 Å². The van der Waals surface area contributed by atoms with Gasteiger partial charge in [-0.05, 0) is 54.9 Å². The summed E-state index contributed by atoms with van der Waals surface area (Å²) in [4.78, 5) is 33.7. The number of hydrogen-bond donors (Lipinski definition) is 1. The highest BCUT2D eigenvalue weighted by atomic mass is 32.1. The van der Waals surface area contributed by atoms with Crippen molar-refractivity contribution in [3.63, 3.8) is 0 Å². The van der Waals surface area contributed by atoms with Crippen molar-refractivity contribution < 1.29 is 9.18 Å². The zero-order chi connectivity index (χ0) is 19.7. The van der Waals surface area contributed by atoms with Crippen LogP contribution in [-0.4, -0.2) is 24.8 Å². The number of benzene rings is 1. The molecule has 0 unspecified atom stereocenters. The molecule has 1 N–H and O–H groups in total. The lowest BCUT2D eigenvalue weighted by Crippen LogP contribution is -2.29. The largest absolute Gasteiger partial charge is 0.325 e. The van der Waals surface area contributed by atoms with Crippen LogP contribution in [0.15, 0.2) is 53.6 Å². The molecule has 28 heavy (non-hydrogen) atoms. The quantitative estimate of drug-likeness (QED) is 0.574. The van der Waals surface area contributed by atoms with Crippen LogP contribution < -0.4 is 10.9 Å². The summed E-state index contributed by atoms with van der Waals surface area (Å²) in [6, 6.07) is 9.00.